The van der Waals surface area contributed by atoms with Crippen molar-refractivity contribution in [3.63, 3.8) is 0 Å². The topological polar surface area (TPSA) is 79.0 Å². The first-order valence-electron chi connectivity index (χ1n) is 10.8. The van der Waals surface area contributed by atoms with E-state index in [2.05, 4.69) is 16.3 Å². The summed E-state index contributed by atoms with van der Waals surface area (Å²) < 4.78 is 45.9. The molecular weight excluding hydrogens is 453 g/mol. The molecule has 2 aliphatic rings. The number of rotatable bonds is 7. The van der Waals surface area contributed by atoms with Gasteiger partial charge in [-0.3, -0.25) is 9.69 Å². The van der Waals surface area contributed by atoms with Crippen LogP contribution in [0.4, 0.5) is 4.39 Å². The highest BCUT2D eigenvalue weighted by atomic mass is 32.2. The molecule has 0 unspecified atom stereocenters. The average molecular weight is 482 g/mol. The van der Waals surface area contributed by atoms with E-state index in [1.165, 1.54) is 21.3 Å². The number of thiophene rings is 1. The Morgan fingerprint density at radius 3 is 2.62 bits per heavy atom. The van der Waals surface area contributed by atoms with Crippen LogP contribution in [0.2, 0.25) is 0 Å². The SMILES string of the molecule is O=C(NC[C@H](c1cccs1)N1CCOCC1)[C@@H]1CCCN(S(=O)(=O)c2ccc(F)cc2)C1. The first kappa shape index (κ1) is 23.3. The smallest absolute Gasteiger partial charge is 0.243 e. The molecule has 2 aromatic rings. The highest BCUT2D eigenvalue weighted by molar-refractivity contribution is 7.89. The predicted molar refractivity (Wildman–Crippen MR) is 120 cm³/mol. The third kappa shape index (κ3) is 5.37. The minimum absolute atomic E-state index is 0.0463. The minimum Gasteiger partial charge on any atom is -0.379 e. The zero-order chi connectivity index (χ0) is 22.6. The second kappa shape index (κ2) is 10.4. The molecule has 0 bridgehead atoms. The molecule has 7 nitrogen and oxygen atoms in total. The van der Waals surface area contributed by atoms with E-state index < -0.39 is 21.8 Å². The number of hydrogen-bond donors (Lipinski definition) is 1. The molecule has 174 valence electrons. The number of morpholine rings is 1. The number of hydrogen-bond acceptors (Lipinski definition) is 6. The third-order valence-corrected chi connectivity index (χ3v) is 8.89. The van der Waals surface area contributed by atoms with Crippen molar-refractivity contribution >= 4 is 27.3 Å². The molecule has 3 heterocycles. The number of nitrogens with one attached hydrogen (secondary N) is 1. The summed E-state index contributed by atoms with van der Waals surface area (Å²) in [6.45, 7) is 3.93. The number of ether oxygens (including phenoxy) is 1. The van der Waals surface area contributed by atoms with Gasteiger partial charge in [-0.25, -0.2) is 12.8 Å². The zero-order valence-corrected chi connectivity index (χ0v) is 19.4. The van der Waals surface area contributed by atoms with Crippen molar-refractivity contribution < 1.29 is 22.3 Å². The van der Waals surface area contributed by atoms with E-state index in [0.29, 0.717) is 39.1 Å². The third-order valence-electron chi connectivity index (χ3n) is 6.03. The summed E-state index contributed by atoms with van der Waals surface area (Å²) in [5.41, 5.74) is 0. The van der Waals surface area contributed by atoms with Crippen molar-refractivity contribution in [1.82, 2.24) is 14.5 Å². The maximum absolute atomic E-state index is 13.2. The van der Waals surface area contributed by atoms with E-state index in [4.69, 9.17) is 4.74 Å². The second-order valence-corrected chi connectivity index (χ2v) is 11.0. The lowest BCUT2D eigenvalue weighted by atomic mass is 9.98. The minimum atomic E-state index is -3.76. The van der Waals surface area contributed by atoms with Gasteiger partial charge >= 0.3 is 0 Å². The summed E-state index contributed by atoms with van der Waals surface area (Å²) in [5.74, 6) is -1.02. The Labute approximate surface area is 192 Å². The first-order chi connectivity index (χ1) is 15.4. The molecule has 2 aliphatic heterocycles. The molecule has 1 N–H and O–H groups in total. The molecule has 2 fully saturated rings. The van der Waals surface area contributed by atoms with Gasteiger partial charge in [-0.1, -0.05) is 6.07 Å². The zero-order valence-electron chi connectivity index (χ0n) is 17.8. The first-order valence-corrected chi connectivity index (χ1v) is 13.2. The van der Waals surface area contributed by atoms with Gasteiger partial charge in [0.05, 0.1) is 30.1 Å². The molecular formula is C22H28FN3O4S2. The van der Waals surface area contributed by atoms with Crippen LogP contribution in [-0.2, 0) is 19.6 Å². The molecule has 0 radical (unpaired) electrons. The Bertz CT molecular complexity index is 993. The van der Waals surface area contributed by atoms with Crippen LogP contribution in [0.25, 0.3) is 0 Å². The summed E-state index contributed by atoms with van der Waals surface area (Å²) in [6.07, 6.45) is 1.25. The van der Waals surface area contributed by atoms with Crippen molar-refractivity contribution in [2.45, 2.75) is 23.8 Å². The fraction of sp³-hybridized carbons (Fsp3) is 0.500. The van der Waals surface area contributed by atoms with Gasteiger partial charge in [-0.2, -0.15) is 4.31 Å². The molecule has 0 spiro atoms. The van der Waals surface area contributed by atoms with Crippen molar-refractivity contribution in [3.8, 4) is 0 Å². The molecule has 0 aliphatic carbocycles. The molecule has 32 heavy (non-hydrogen) atoms. The molecule has 4 rings (SSSR count). The van der Waals surface area contributed by atoms with Crippen molar-refractivity contribution in [2.24, 2.45) is 5.92 Å². The van der Waals surface area contributed by atoms with E-state index in [9.17, 15) is 17.6 Å². The summed E-state index contributed by atoms with van der Waals surface area (Å²) >= 11 is 1.67. The lowest BCUT2D eigenvalue weighted by Crippen LogP contribution is -2.48. The van der Waals surface area contributed by atoms with Crippen LogP contribution in [0.3, 0.4) is 0 Å². The van der Waals surface area contributed by atoms with Crippen LogP contribution in [-0.4, -0.2) is 69.5 Å². The predicted octanol–water partition coefficient (Wildman–Crippen LogP) is 2.48. The van der Waals surface area contributed by atoms with Gasteiger partial charge in [0.2, 0.25) is 15.9 Å². The molecule has 0 saturated carbocycles. The number of benzene rings is 1. The van der Waals surface area contributed by atoms with Gasteiger partial charge in [0, 0.05) is 37.6 Å². The summed E-state index contributed by atoms with van der Waals surface area (Å²) in [7, 11) is -3.76. The van der Waals surface area contributed by atoms with Crippen LogP contribution < -0.4 is 5.32 Å². The lowest BCUT2D eigenvalue weighted by molar-refractivity contribution is -0.126. The lowest BCUT2D eigenvalue weighted by Gasteiger charge is -2.35. The van der Waals surface area contributed by atoms with Gasteiger partial charge in [0.15, 0.2) is 0 Å². The Kier molecular flexibility index (Phi) is 7.57. The number of sulfonamides is 1. The number of carbonyl (C=O) groups is 1. The maximum atomic E-state index is 13.2. The normalized spacial score (nSPS) is 21.8. The Hall–Kier alpha value is -1.85. The fourth-order valence-corrected chi connectivity index (χ4v) is 6.64. The number of piperidine rings is 1. The summed E-state index contributed by atoms with van der Waals surface area (Å²) in [5, 5.41) is 5.10. The number of halogens is 1. The Morgan fingerprint density at radius 2 is 1.94 bits per heavy atom. The van der Waals surface area contributed by atoms with Crippen LogP contribution >= 0.6 is 11.3 Å². The van der Waals surface area contributed by atoms with Crippen LogP contribution in [0.5, 0.6) is 0 Å². The monoisotopic (exact) mass is 481 g/mol. The molecule has 2 atom stereocenters. The van der Waals surface area contributed by atoms with Gasteiger partial charge < -0.3 is 10.1 Å². The van der Waals surface area contributed by atoms with Crippen LogP contribution in [0, 0.1) is 11.7 Å². The van der Waals surface area contributed by atoms with Gasteiger partial charge in [-0.15, -0.1) is 11.3 Å². The Balaban J connectivity index is 1.39. The molecule has 2 saturated heterocycles. The Morgan fingerprint density at radius 1 is 1.19 bits per heavy atom. The van der Waals surface area contributed by atoms with Gasteiger partial charge in [0.1, 0.15) is 5.82 Å². The largest absolute Gasteiger partial charge is 0.379 e. The molecule has 1 aromatic carbocycles. The molecule has 1 amide bonds. The molecule has 1 aromatic heterocycles. The van der Waals surface area contributed by atoms with Crippen molar-refractivity contribution in [1.29, 1.82) is 0 Å². The number of nitrogens with zero attached hydrogens (tertiary/aromatic N) is 2. The molecule has 10 heteroatoms. The van der Waals surface area contributed by atoms with E-state index >= 15 is 0 Å². The quantitative estimate of drug-likeness (QED) is 0.657. The van der Waals surface area contributed by atoms with Gasteiger partial charge in [-0.05, 0) is 48.6 Å². The number of amides is 1. The van der Waals surface area contributed by atoms with Crippen LogP contribution in [0.1, 0.15) is 23.8 Å². The second-order valence-electron chi connectivity index (χ2n) is 8.08. The summed E-state index contributed by atoms with van der Waals surface area (Å²) in [6, 6.07) is 8.97. The van der Waals surface area contributed by atoms with E-state index in [0.717, 1.165) is 25.2 Å². The van der Waals surface area contributed by atoms with E-state index in [-0.39, 0.29) is 23.4 Å². The highest BCUT2D eigenvalue weighted by Gasteiger charge is 2.34. The fourth-order valence-electron chi connectivity index (χ4n) is 4.25. The van der Waals surface area contributed by atoms with E-state index in [1.54, 1.807) is 11.3 Å². The summed E-state index contributed by atoms with van der Waals surface area (Å²) in [4.78, 5) is 16.5. The highest BCUT2D eigenvalue weighted by Crippen LogP contribution is 2.27. The standard InChI is InChI=1S/C22H28FN3O4S2/c23-18-5-7-19(8-6-18)32(28,29)26-9-1-3-17(16-26)22(27)24-15-20(21-4-2-14-31-21)25-10-12-30-13-11-25/h2,4-8,14,17,20H,1,3,9-13,15-16H2,(H,24,27)/t17-,20-/m1/s1. The van der Waals surface area contributed by atoms with E-state index in [1.807, 2.05) is 11.4 Å². The van der Waals surface area contributed by atoms with Crippen molar-refractivity contribution in [3.05, 3.63) is 52.5 Å². The van der Waals surface area contributed by atoms with Gasteiger partial charge in [0.25, 0.3) is 0 Å². The average Bonchev–Trinajstić information content (AvgIpc) is 3.35. The maximum Gasteiger partial charge on any atom is 0.243 e. The van der Waals surface area contributed by atoms with Crippen LogP contribution in [0.15, 0.2) is 46.7 Å². The van der Waals surface area contributed by atoms with Crippen molar-refractivity contribution in [2.75, 3.05) is 45.9 Å². The number of carbonyl (C=O) groups excluding carboxylic acids is 1.